The average molecular weight is 307 g/mol. The van der Waals surface area contributed by atoms with Gasteiger partial charge in [0.25, 0.3) is 0 Å². The van der Waals surface area contributed by atoms with E-state index in [-0.39, 0.29) is 11.9 Å². The van der Waals surface area contributed by atoms with Crippen LogP contribution in [0.1, 0.15) is 24.0 Å². The van der Waals surface area contributed by atoms with Crippen molar-refractivity contribution in [2.45, 2.75) is 26.2 Å². The van der Waals surface area contributed by atoms with E-state index in [1.165, 1.54) is 24.4 Å². The quantitative estimate of drug-likeness (QED) is 0.619. The van der Waals surface area contributed by atoms with Crippen LogP contribution >= 0.6 is 11.8 Å². The van der Waals surface area contributed by atoms with Crippen molar-refractivity contribution in [2.24, 2.45) is 0 Å². The van der Waals surface area contributed by atoms with Crippen LogP contribution in [0.5, 0.6) is 0 Å². The number of rotatable bonds is 5. The molecule has 1 aromatic rings. The highest BCUT2D eigenvalue weighted by Gasteiger charge is 2.23. The molecule has 1 aromatic carbocycles. The number of thioether (sulfide) groups is 1. The molecule has 0 saturated carbocycles. The summed E-state index contributed by atoms with van der Waals surface area (Å²) >= 11 is 1.44. The number of aryl methyl sites for hydroxylation is 2. The Balaban J connectivity index is 1.94. The second kappa shape index (κ2) is 7.50. The van der Waals surface area contributed by atoms with Gasteiger partial charge in [-0.25, -0.2) is 0 Å². The van der Waals surface area contributed by atoms with Crippen molar-refractivity contribution in [1.82, 2.24) is 0 Å². The molecule has 0 spiro atoms. The first kappa shape index (κ1) is 15.9. The molecule has 0 aliphatic carbocycles. The normalized spacial score (nSPS) is 13.7. The molecule has 0 atom stereocenters. The highest BCUT2D eigenvalue weighted by atomic mass is 32.2. The van der Waals surface area contributed by atoms with E-state index in [1.54, 1.807) is 0 Å². The van der Waals surface area contributed by atoms with Crippen LogP contribution in [0, 0.1) is 6.92 Å². The van der Waals surface area contributed by atoms with E-state index in [0.717, 1.165) is 30.6 Å². The Labute approximate surface area is 129 Å². The molecule has 114 valence electrons. The summed E-state index contributed by atoms with van der Waals surface area (Å²) in [4.78, 5) is 25.4. The number of para-hydroxylation sites is 1. The van der Waals surface area contributed by atoms with Crippen LogP contribution in [0.15, 0.2) is 18.2 Å². The zero-order chi connectivity index (χ0) is 15.2. The molecule has 0 N–H and O–H groups in total. The van der Waals surface area contributed by atoms with E-state index in [2.05, 4.69) is 23.8 Å². The molecule has 0 radical (unpaired) electrons. The highest BCUT2D eigenvalue weighted by molar-refractivity contribution is 7.99. The monoisotopic (exact) mass is 307 g/mol. The molecule has 1 amide bonds. The Morgan fingerprint density at radius 2 is 2.19 bits per heavy atom. The van der Waals surface area contributed by atoms with Gasteiger partial charge in [0.2, 0.25) is 5.91 Å². The van der Waals surface area contributed by atoms with Crippen LogP contribution in [-0.2, 0) is 20.7 Å². The lowest BCUT2D eigenvalue weighted by Crippen LogP contribution is -2.36. The van der Waals surface area contributed by atoms with Gasteiger partial charge in [-0.1, -0.05) is 18.2 Å². The summed E-state index contributed by atoms with van der Waals surface area (Å²) < 4.78 is 4.58. The number of benzene rings is 1. The highest BCUT2D eigenvalue weighted by Crippen LogP contribution is 2.31. The summed E-state index contributed by atoms with van der Waals surface area (Å²) in [5.41, 5.74) is 3.51. The van der Waals surface area contributed by atoms with Crippen molar-refractivity contribution < 1.29 is 14.3 Å². The van der Waals surface area contributed by atoms with Crippen molar-refractivity contribution in [3.8, 4) is 0 Å². The Morgan fingerprint density at radius 3 is 2.95 bits per heavy atom. The molecule has 21 heavy (non-hydrogen) atoms. The summed E-state index contributed by atoms with van der Waals surface area (Å²) in [6.45, 7) is 2.84. The predicted molar refractivity (Wildman–Crippen MR) is 85.8 cm³/mol. The fourth-order valence-electron chi connectivity index (χ4n) is 2.61. The number of fused-ring (bicyclic) bond motifs is 1. The summed E-state index contributed by atoms with van der Waals surface area (Å²) in [6.07, 6.45) is 2.50. The first-order valence-corrected chi connectivity index (χ1v) is 8.32. The second-order valence-electron chi connectivity index (χ2n) is 5.11. The molecule has 0 unspecified atom stereocenters. The minimum absolute atomic E-state index is 0.141. The maximum atomic E-state index is 12.4. The fraction of sp³-hybridized carbons (Fsp3) is 0.500. The van der Waals surface area contributed by atoms with Crippen molar-refractivity contribution in [3.63, 3.8) is 0 Å². The molecule has 0 aromatic heterocycles. The Morgan fingerprint density at radius 1 is 1.38 bits per heavy atom. The number of ether oxygens (including phenoxy) is 1. The average Bonchev–Trinajstić information content (AvgIpc) is 2.50. The van der Waals surface area contributed by atoms with Gasteiger partial charge in [0.05, 0.1) is 12.9 Å². The third kappa shape index (κ3) is 4.00. The molecular formula is C16H21NO3S. The fourth-order valence-corrected chi connectivity index (χ4v) is 3.35. The van der Waals surface area contributed by atoms with Crippen LogP contribution in [-0.4, -0.2) is 37.0 Å². The standard InChI is InChI=1S/C16H21NO3S/c1-12-5-3-6-13-7-4-9-17(16(12)13)14(18)8-10-21-11-15(19)20-2/h3,5-6H,4,7-11H2,1-2H3. The number of hydrogen-bond acceptors (Lipinski definition) is 4. The molecule has 1 aliphatic rings. The molecule has 1 heterocycles. The zero-order valence-corrected chi connectivity index (χ0v) is 13.4. The number of nitrogens with zero attached hydrogens (tertiary/aromatic N) is 1. The van der Waals surface area contributed by atoms with Gasteiger partial charge in [-0.3, -0.25) is 9.59 Å². The van der Waals surface area contributed by atoms with Crippen LogP contribution in [0.4, 0.5) is 5.69 Å². The number of esters is 1. The van der Waals surface area contributed by atoms with Gasteiger partial charge in [-0.15, -0.1) is 11.8 Å². The topological polar surface area (TPSA) is 46.6 Å². The molecule has 5 heteroatoms. The molecule has 0 fully saturated rings. The van der Waals surface area contributed by atoms with Crippen molar-refractivity contribution in [1.29, 1.82) is 0 Å². The molecule has 1 aliphatic heterocycles. The largest absolute Gasteiger partial charge is 0.468 e. The van der Waals surface area contributed by atoms with E-state index in [0.29, 0.717) is 17.9 Å². The van der Waals surface area contributed by atoms with E-state index < -0.39 is 0 Å². The van der Waals surface area contributed by atoms with E-state index >= 15 is 0 Å². The van der Waals surface area contributed by atoms with Gasteiger partial charge in [-0.05, 0) is 30.9 Å². The molecule has 0 saturated heterocycles. The third-order valence-corrected chi connectivity index (χ3v) is 4.56. The van der Waals surface area contributed by atoms with Crippen LogP contribution in [0.25, 0.3) is 0 Å². The smallest absolute Gasteiger partial charge is 0.315 e. The van der Waals surface area contributed by atoms with Crippen LogP contribution in [0.3, 0.4) is 0 Å². The van der Waals surface area contributed by atoms with Gasteiger partial charge < -0.3 is 9.64 Å². The lowest BCUT2D eigenvalue weighted by atomic mass is 9.98. The predicted octanol–water partition coefficient (Wildman–Crippen LogP) is 2.57. The lowest BCUT2D eigenvalue weighted by molar-refractivity contribution is -0.137. The molecule has 2 rings (SSSR count). The molecule has 0 bridgehead atoms. The Bertz CT molecular complexity index is 530. The number of methoxy groups -OCH3 is 1. The van der Waals surface area contributed by atoms with Gasteiger partial charge in [0.1, 0.15) is 0 Å². The summed E-state index contributed by atoms with van der Waals surface area (Å²) in [7, 11) is 1.38. The van der Waals surface area contributed by atoms with Crippen molar-refractivity contribution in [2.75, 3.05) is 30.1 Å². The van der Waals surface area contributed by atoms with Gasteiger partial charge in [0, 0.05) is 24.4 Å². The van der Waals surface area contributed by atoms with Crippen molar-refractivity contribution in [3.05, 3.63) is 29.3 Å². The second-order valence-corrected chi connectivity index (χ2v) is 6.22. The van der Waals surface area contributed by atoms with Crippen LogP contribution < -0.4 is 4.90 Å². The van der Waals surface area contributed by atoms with Gasteiger partial charge in [-0.2, -0.15) is 0 Å². The molecular weight excluding hydrogens is 286 g/mol. The van der Waals surface area contributed by atoms with E-state index in [1.807, 2.05) is 11.0 Å². The minimum atomic E-state index is -0.244. The number of anilines is 1. The number of carbonyl (C=O) groups is 2. The van der Waals surface area contributed by atoms with Crippen molar-refractivity contribution >= 4 is 29.3 Å². The SMILES string of the molecule is COC(=O)CSCCC(=O)N1CCCc2cccc(C)c21. The maximum absolute atomic E-state index is 12.4. The summed E-state index contributed by atoms with van der Waals surface area (Å²) in [6, 6.07) is 6.21. The van der Waals surface area contributed by atoms with Crippen LogP contribution in [0.2, 0.25) is 0 Å². The summed E-state index contributed by atoms with van der Waals surface area (Å²) in [5, 5.41) is 0. The van der Waals surface area contributed by atoms with E-state index in [9.17, 15) is 9.59 Å². The van der Waals surface area contributed by atoms with E-state index in [4.69, 9.17) is 0 Å². The molecule has 4 nitrogen and oxygen atoms in total. The first-order chi connectivity index (χ1) is 10.1. The Hall–Kier alpha value is -1.49. The number of hydrogen-bond donors (Lipinski definition) is 0. The Kier molecular flexibility index (Phi) is 5.67. The number of carbonyl (C=O) groups excluding carboxylic acids is 2. The summed E-state index contributed by atoms with van der Waals surface area (Å²) in [5.74, 6) is 0.847. The zero-order valence-electron chi connectivity index (χ0n) is 12.6. The van der Waals surface area contributed by atoms with Gasteiger partial charge in [0.15, 0.2) is 0 Å². The van der Waals surface area contributed by atoms with Gasteiger partial charge >= 0.3 is 5.97 Å². The maximum Gasteiger partial charge on any atom is 0.315 e. The lowest BCUT2D eigenvalue weighted by Gasteiger charge is -2.31. The number of amides is 1. The first-order valence-electron chi connectivity index (χ1n) is 7.17. The third-order valence-electron chi connectivity index (χ3n) is 3.63. The minimum Gasteiger partial charge on any atom is -0.468 e.